The normalized spacial score (nSPS) is 14.9. The van der Waals surface area contributed by atoms with Crippen molar-refractivity contribution in [3.05, 3.63) is 62.9 Å². The number of amides is 1. The second kappa shape index (κ2) is 8.24. The summed E-state index contributed by atoms with van der Waals surface area (Å²) >= 11 is 1.46. The maximum absolute atomic E-state index is 12.8. The van der Waals surface area contributed by atoms with E-state index in [1.54, 1.807) is 29.4 Å². The van der Waals surface area contributed by atoms with Gasteiger partial charge in [-0.1, -0.05) is 0 Å². The number of piperidine rings is 1. The van der Waals surface area contributed by atoms with Gasteiger partial charge in [-0.2, -0.15) is 0 Å². The molecule has 29 heavy (non-hydrogen) atoms. The summed E-state index contributed by atoms with van der Waals surface area (Å²) in [7, 11) is 0. The van der Waals surface area contributed by atoms with Gasteiger partial charge in [0.2, 0.25) is 0 Å². The van der Waals surface area contributed by atoms with E-state index in [1.807, 2.05) is 30.9 Å². The molecular weight excluding hydrogens is 386 g/mol. The van der Waals surface area contributed by atoms with E-state index < -0.39 is 0 Å². The first-order valence-electron chi connectivity index (χ1n) is 9.71. The van der Waals surface area contributed by atoms with Crippen LogP contribution in [0.25, 0.3) is 11.3 Å². The van der Waals surface area contributed by atoms with Crippen molar-refractivity contribution >= 4 is 17.2 Å². The summed E-state index contributed by atoms with van der Waals surface area (Å²) < 4.78 is 1.67. The number of aromatic nitrogens is 4. The molecule has 0 aliphatic carbocycles. The quantitative estimate of drug-likeness (QED) is 0.662. The van der Waals surface area contributed by atoms with E-state index >= 15 is 0 Å². The third-order valence-corrected chi connectivity index (χ3v) is 6.35. The van der Waals surface area contributed by atoms with Crippen LogP contribution in [0.5, 0.6) is 0 Å². The second-order valence-electron chi connectivity index (χ2n) is 7.39. The fourth-order valence-corrected chi connectivity index (χ4v) is 4.59. The van der Waals surface area contributed by atoms with Crippen molar-refractivity contribution < 1.29 is 4.79 Å². The summed E-state index contributed by atoms with van der Waals surface area (Å²) in [6, 6.07) is 5.27. The number of pyridine rings is 1. The van der Waals surface area contributed by atoms with Crippen LogP contribution in [-0.4, -0.2) is 43.4 Å². The van der Waals surface area contributed by atoms with Crippen LogP contribution in [0.3, 0.4) is 0 Å². The van der Waals surface area contributed by atoms with E-state index in [-0.39, 0.29) is 11.5 Å². The van der Waals surface area contributed by atoms with Crippen molar-refractivity contribution in [1.82, 2.24) is 24.4 Å². The van der Waals surface area contributed by atoms with Crippen LogP contribution in [0.1, 0.15) is 33.2 Å². The van der Waals surface area contributed by atoms with E-state index in [4.69, 9.17) is 0 Å². The van der Waals surface area contributed by atoms with Crippen LogP contribution < -0.4 is 5.56 Å². The maximum atomic E-state index is 12.8. The first-order chi connectivity index (χ1) is 14.0. The van der Waals surface area contributed by atoms with Crippen molar-refractivity contribution in [3.63, 3.8) is 0 Å². The second-order valence-corrected chi connectivity index (χ2v) is 8.59. The highest BCUT2D eigenvalue weighted by molar-refractivity contribution is 7.13. The van der Waals surface area contributed by atoms with E-state index in [2.05, 4.69) is 15.0 Å². The maximum Gasteiger partial charge on any atom is 0.265 e. The Labute approximate surface area is 173 Å². The molecule has 4 rings (SSSR count). The van der Waals surface area contributed by atoms with Crippen LogP contribution in [0, 0.1) is 19.8 Å². The van der Waals surface area contributed by atoms with Crippen LogP contribution in [-0.2, 0) is 6.54 Å². The van der Waals surface area contributed by atoms with Gasteiger partial charge in [-0.3, -0.25) is 19.1 Å². The number of hydrogen-bond donors (Lipinski definition) is 0. The predicted molar refractivity (Wildman–Crippen MR) is 112 cm³/mol. The van der Waals surface area contributed by atoms with Gasteiger partial charge in [-0.25, -0.2) is 9.97 Å². The number of rotatable bonds is 4. The van der Waals surface area contributed by atoms with Gasteiger partial charge in [0, 0.05) is 43.7 Å². The van der Waals surface area contributed by atoms with Gasteiger partial charge in [0.1, 0.15) is 4.88 Å². The minimum absolute atomic E-state index is 0.0619. The minimum atomic E-state index is -0.0619. The summed E-state index contributed by atoms with van der Waals surface area (Å²) in [5.74, 6) is 0.429. The third-order valence-electron chi connectivity index (χ3n) is 5.29. The average molecular weight is 410 g/mol. The number of carbonyl (C=O) groups is 1. The van der Waals surface area contributed by atoms with Crippen LogP contribution in [0.4, 0.5) is 0 Å². The molecule has 0 bridgehead atoms. The lowest BCUT2D eigenvalue weighted by Crippen LogP contribution is -2.40. The molecule has 0 radical (unpaired) electrons. The molecule has 4 heterocycles. The highest BCUT2D eigenvalue weighted by atomic mass is 32.1. The monoisotopic (exact) mass is 409 g/mol. The number of aryl methyl sites for hydroxylation is 2. The molecule has 0 aromatic carbocycles. The number of hydrogen-bond acceptors (Lipinski definition) is 6. The van der Waals surface area contributed by atoms with Crippen LogP contribution >= 0.6 is 11.3 Å². The van der Waals surface area contributed by atoms with Gasteiger partial charge in [-0.05, 0) is 44.7 Å². The van der Waals surface area contributed by atoms with Crippen LogP contribution in [0.15, 0.2) is 41.7 Å². The lowest BCUT2D eigenvalue weighted by molar-refractivity contribution is 0.0686. The van der Waals surface area contributed by atoms with Gasteiger partial charge in [0.25, 0.3) is 11.5 Å². The van der Waals surface area contributed by atoms with Crippen molar-refractivity contribution in [3.8, 4) is 11.3 Å². The molecular formula is C21H23N5O2S. The molecule has 0 saturated carbocycles. The third kappa shape index (κ3) is 4.27. The lowest BCUT2D eigenvalue weighted by Gasteiger charge is -2.32. The van der Waals surface area contributed by atoms with E-state index in [0.717, 1.165) is 34.0 Å². The molecule has 7 nitrogen and oxygen atoms in total. The Bertz CT molecular complexity index is 1070. The van der Waals surface area contributed by atoms with Gasteiger partial charge in [0.15, 0.2) is 0 Å². The Morgan fingerprint density at radius 3 is 2.69 bits per heavy atom. The topological polar surface area (TPSA) is 81.0 Å². The zero-order valence-electron chi connectivity index (χ0n) is 16.5. The Kier molecular flexibility index (Phi) is 5.53. The predicted octanol–water partition coefficient (Wildman–Crippen LogP) is 2.93. The van der Waals surface area contributed by atoms with E-state index in [0.29, 0.717) is 31.2 Å². The zero-order valence-corrected chi connectivity index (χ0v) is 17.4. The molecule has 0 N–H and O–H groups in total. The van der Waals surface area contributed by atoms with Crippen LogP contribution in [0.2, 0.25) is 0 Å². The largest absolute Gasteiger partial charge is 0.338 e. The minimum Gasteiger partial charge on any atom is -0.338 e. The molecule has 0 atom stereocenters. The summed E-state index contributed by atoms with van der Waals surface area (Å²) in [5, 5.41) is 0.919. The highest BCUT2D eigenvalue weighted by Gasteiger charge is 2.26. The Morgan fingerprint density at radius 1 is 1.28 bits per heavy atom. The fraction of sp³-hybridized carbons (Fsp3) is 0.381. The molecule has 0 spiro atoms. The molecule has 3 aromatic rings. The molecule has 0 unspecified atom stereocenters. The lowest BCUT2D eigenvalue weighted by atomic mass is 9.96. The van der Waals surface area contributed by atoms with Gasteiger partial charge in [0.05, 0.1) is 22.7 Å². The van der Waals surface area contributed by atoms with Crippen molar-refractivity contribution in [2.45, 2.75) is 33.2 Å². The summed E-state index contributed by atoms with van der Waals surface area (Å²) in [5.41, 5.74) is 2.21. The molecule has 1 amide bonds. The van der Waals surface area contributed by atoms with E-state index in [9.17, 15) is 9.59 Å². The number of carbonyl (C=O) groups excluding carboxylic acids is 1. The van der Waals surface area contributed by atoms with Gasteiger partial charge in [-0.15, -0.1) is 11.3 Å². The summed E-state index contributed by atoms with van der Waals surface area (Å²) in [6.07, 6.45) is 6.76. The summed E-state index contributed by atoms with van der Waals surface area (Å²) in [4.78, 5) is 40.8. The van der Waals surface area contributed by atoms with Crippen molar-refractivity contribution in [2.75, 3.05) is 13.1 Å². The number of nitrogens with zero attached hydrogens (tertiary/aromatic N) is 5. The standard InChI is InChI=1S/C21H23N5O2S/c1-14-20(29-15(2)24-14)21(28)25-8-5-16(6-9-25)12-26-13-23-18(10-19(26)27)17-4-3-7-22-11-17/h3-4,7,10-11,13,16H,5-6,8-9,12H2,1-2H3. The van der Waals surface area contributed by atoms with E-state index in [1.165, 1.54) is 11.3 Å². The first kappa shape index (κ1) is 19.4. The molecule has 150 valence electrons. The molecule has 1 aliphatic heterocycles. The molecule has 1 aliphatic rings. The Balaban J connectivity index is 1.38. The molecule has 3 aromatic heterocycles. The molecule has 1 saturated heterocycles. The highest BCUT2D eigenvalue weighted by Crippen LogP contribution is 2.24. The average Bonchev–Trinajstić information content (AvgIpc) is 3.08. The summed E-state index contributed by atoms with van der Waals surface area (Å²) in [6.45, 7) is 5.84. The number of likely N-dealkylation sites (tertiary alicyclic amines) is 1. The fourth-order valence-electron chi connectivity index (χ4n) is 3.71. The zero-order chi connectivity index (χ0) is 20.4. The van der Waals surface area contributed by atoms with Crippen molar-refractivity contribution in [1.29, 1.82) is 0 Å². The molecule has 1 fully saturated rings. The van der Waals surface area contributed by atoms with Gasteiger partial charge < -0.3 is 4.90 Å². The SMILES string of the molecule is Cc1nc(C)c(C(=O)N2CCC(Cn3cnc(-c4cccnc4)cc3=O)CC2)s1. The van der Waals surface area contributed by atoms with Gasteiger partial charge >= 0.3 is 0 Å². The Morgan fingerprint density at radius 2 is 2.07 bits per heavy atom. The first-order valence-corrected chi connectivity index (χ1v) is 10.5. The molecule has 8 heteroatoms. The van der Waals surface area contributed by atoms with Crippen molar-refractivity contribution in [2.24, 2.45) is 5.92 Å². The Hall–Kier alpha value is -2.87. The smallest absolute Gasteiger partial charge is 0.265 e. The number of thiazole rings is 1.